The molecule has 3 unspecified atom stereocenters. The van der Waals surface area contributed by atoms with Crippen LogP contribution in [0, 0.1) is 5.41 Å². The van der Waals surface area contributed by atoms with Gasteiger partial charge in [0, 0.05) is 43.0 Å². The summed E-state index contributed by atoms with van der Waals surface area (Å²) >= 11 is 0. The first-order valence-electron chi connectivity index (χ1n) is 7.00. The minimum atomic E-state index is 0.00206. The molecule has 0 saturated heterocycles. The molecule has 0 amide bonds. The first-order valence-corrected chi connectivity index (χ1v) is 7.00. The SMILES string of the molecule is CCC(C)(CO)CNC1CCCC1n1ccnc1. The van der Waals surface area contributed by atoms with Gasteiger partial charge in [-0.1, -0.05) is 13.8 Å². The molecule has 1 aromatic heterocycles. The van der Waals surface area contributed by atoms with Crippen molar-refractivity contribution >= 4 is 0 Å². The van der Waals surface area contributed by atoms with Gasteiger partial charge in [-0.15, -0.1) is 0 Å². The topological polar surface area (TPSA) is 50.1 Å². The Morgan fingerprint density at radius 3 is 2.94 bits per heavy atom. The zero-order valence-electron chi connectivity index (χ0n) is 11.5. The molecular weight excluding hydrogens is 226 g/mol. The maximum atomic E-state index is 9.45. The molecule has 1 saturated carbocycles. The molecule has 0 spiro atoms. The summed E-state index contributed by atoms with van der Waals surface area (Å²) in [4.78, 5) is 4.14. The van der Waals surface area contributed by atoms with Crippen LogP contribution in [0.4, 0.5) is 0 Å². The molecule has 18 heavy (non-hydrogen) atoms. The third kappa shape index (κ3) is 2.93. The fourth-order valence-corrected chi connectivity index (χ4v) is 2.67. The van der Waals surface area contributed by atoms with Crippen molar-refractivity contribution in [1.29, 1.82) is 0 Å². The second-order valence-electron chi connectivity index (χ2n) is 5.82. The Bertz CT molecular complexity index is 346. The highest BCUT2D eigenvalue weighted by molar-refractivity contribution is 4.92. The van der Waals surface area contributed by atoms with Gasteiger partial charge in [0.2, 0.25) is 0 Å². The third-order valence-electron chi connectivity index (χ3n) is 4.41. The van der Waals surface area contributed by atoms with Crippen LogP contribution < -0.4 is 5.32 Å². The Kier molecular flexibility index (Phi) is 4.40. The first-order chi connectivity index (χ1) is 8.68. The van der Waals surface area contributed by atoms with Crippen LogP contribution in [0.2, 0.25) is 0 Å². The van der Waals surface area contributed by atoms with Gasteiger partial charge >= 0.3 is 0 Å². The molecule has 0 aliphatic heterocycles. The molecule has 2 N–H and O–H groups in total. The number of aromatic nitrogens is 2. The van der Waals surface area contributed by atoms with Crippen LogP contribution in [0.15, 0.2) is 18.7 Å². The number of rotatable bonds is 6. The van der Waals surface area contributed by atoms with E-state index < -0.39 is 0 Å². The van der Waals surface area contributed by atoms with E-state index in [1.54, 1.807) is 0 Å². The average molecular weight is 251 g/mol. The van der Waals surface area contributed by atoms with Gasteiger partial charge in [0.05, 0.1) is 6.33 Å². The predicted octanol–water partition coefficient (Wildman–Crippen LogP) is 1.97. The van der Waals surface area contributed by atoms with Gasteiger partial charge in [0.25, 0.3) is 0 Å². The minimum absolute atomic E-state index is 0.00206. The van der Waals surface area contributed by atoms with Gasteiger partial charge in [0.1, 0.15) is 0 Å². The lowest BCUT2D eigenvalue weighted by Gasteiger charge is -2.30. The van der Waals surface area contributed by atoms with E-state index in [2.05, 4.69) is 34.9 Å². The predicted molar refractivity (Wildman–Crippen MR) is 72.4 cm³/mol. The van der Waals surface area contributed by atoms with Crippen LogP contribution in [-0.2, 0) is 0 Å². The van der Waals surface area contributed by atoms with Crippen LogP contribution in [0.1, 0.15) is 45.6 Å². The Labute approximate surface area is 109 Å². The van der Waals surface area contributed by atoms with Gasteiger partial charge in [-0.2, -0.15) is 0 Å². The molecule has 0 aromatic carbocycles. The fourth-order valence-electron chi connectivity index (χ4n) is 2.67. The lowest BCUT2D eigenvalue weighted by molar-refractivity contribution is 0.129. The lowest BCUT2D eigenvalue weighted by atomic mass is 9.88. The van der Waals surface area contributed by atoms with Crippen LogP contribution >= 0.6 is 0 Å². The second-order valence-corrected chi connectivity index (χ2v) is 5.82. The van der Waals surface area contributed by atoms with E-state index in [9.17, 15) is 5.11 Å². The van der Waals surface area contributed by atoms with Gasteiger partial charge in [-0.05, 0) is 25.7 Å². The minimum Gasteiger partial charge on any atom is -0.396 e. The number of imidazole rings is 1. The van der Waals surface area contributed by atoms with Gasteiger partial charge < -0.3 is 15.0 Å². The molecule has 0 bridgehead atoms. The molecular formula is C14H25N3O. The number of nitrogens with zero attached hydrogens (tertiary/aromatic N) is 2. The number of aliphatic hydroxyl groups is 1. The Balaban J connectivity index is 1.93. The molecule has 102 valence electrons. The number of hydrogen-bond donors (Lipinski definition) is 2. The molecule has 4 nitrogen and oxygen atoms in total. The van der Waals surface area contributed by atoms with E-state index in [-0.39, 0.29) is 12.0 Å². The maximum Gasteiger partial charge on any atom is 0.0949 e. The molecule has 3 atom stereocenters. The number of hydrogen-bond acceptors (Lipinski definition) is 3. The van der Waals surface area contributed by atoms with Crippen molar-refractivity contribution in [2.75, 3.05) is 13.2 Å². The fraction of sp³-hybridized carbons (Fsp3) is 0.786. The quantitative estimate of drug-likeness (QED) is 0.813. The van der Waals surface area contributed by atoms with E-state index in [0.29, 0.717) is 12.1 Å². The summed E-state index contributed by atoms with van der Waals surface area (Å²) in [6.45, 7) is 5.41. The van der Waals surface area contributed by atoms with Crippen molar-refractivity contribution in [3.05, 3.63) is 18.7 Å². The largest absolute Gasteiger partial charge is 0.396 e. The van der Waals surface area contributed by atoms with Crippen LogP contribution in [0.5, 0.6) is 0 Å². The van der Waals surface area contributed by atoms with Crippen LogP contribution in [-0.4, -0.2) is 33.9 Å². The van der Waals surface area contributed by atoms with Crippen molar-refractivity contribution in [2.45, 2.75) is 51.6 Å². The molecule has 1 aliphatic carbocycles. The van der Waals surface area contributed by atoms with E-state index in [1.807, 2.05) is 12.5 Å². The monoisotopic (exact) mass is 251 g/mol. The first kappa shape index (κ1) is 13.6. The Morgan fingerprint density at radius 1 is 1.50 bits per heavy atom. The van der Waals surface area contributed by atoms with E-state index in [4.69, 9.17) is 0 Å². The molecule has 1 aliphatic rings. The summed E-state index contributed by atoms with van der Waals surface area (Å²) in [5, 5.41) is 13.1. The number of nitrogens with one attached hydrogen (secondary N) is 1. The standard InChI is InChI=1S/C14H25N3O/c1-3-14(2,10-18)9-16-12-5-4-6-13(12)17-8-7-15-11-17/h7-8,11-13,16,18H,3-6,9-10H2,1-2H3. The van der Waals surface area contributed by atoms with Crippen molar-refractivity contribution in [3.63, 3.8) is 0 Å². The van der Waals surface area contributed by atoms with Crippen molar-refractivity contribution in [1.82, 2.24) is 14.9 Å². The van der Waals surface area contributed by atoms with E-state index >= 15 is 0 Å². The highest BCUT2D eigenvalue weighted by Crippen LogP contribution is 2.30. The van der Waals surface area contributed by atoms with Gasteiger partial charge in [-0.25, -0.2) is 4.98 Å². The molecule has 0 radical (unpaired) electrons. The zero-order valence-corrected chi connectivity index (χ0v) is 11.5. The smallest absolute Gasteiger partial charge is 0.0949 e. The molecule has 1 heterocycles. The molecule has 2 rings (SSSR count). The van der Waals surface area contributed by atoms with Gasteiger partial charge in [0.15, 0.2) is 0 Å². The molecule has 1 aromatic rings. The van der Waals surface area contributed by atoms with Crippen molar-refractivity contribution in [2.24, 2.45) is 5.41 Å². The summed E-state index contributed by atoms with van der Waals surface area (Å²) in [6, 6.07) is 1.03. The van der Waals surface area contributed by atoms with Crippen LogP contribution in [0.3, 0.4) is 0 Å². The summed E-state index contributed by atoms with van der Waals surface area (Å²) in [5.41, 5.74) is 0.00206. The van der Waals surface area contributed by atoms with E-state index in [0.717, 1.165) is 13.0 Å². The zero-order chi connectivity index (χ0) is 13.0. The highest BCUT2D eigenvalue weighted by Gasteiger charge is 2.30. The molecule has 1 fully saturated rings. The molecule has 4 heteroatoms. The lowest BCUT2D eigenvalue weighted by Crippen LogP contribution is -2.42. The van der Waals surface area contributed by atoms with Crippen molar-refractivity contribution < 1.29 is 5.11 Å². The Hall–Kier alpha value is -0.870. The summed E-state index contributed by atoms with van der Waals surface area (Å²) in [7, 11) is 0. The highest BCUT2D eigenvalue weighted by atomic mass is 16.3. The Morgan fingerprint density at radius 2 is 2.33 bits per heavy atom. The third-order valence-corrected chi connectivity index (χ3v) is 4.41. The average Bonchev–Trinajstić information content (AvgIpc) is 3.05. The number of aliphatic hydroxyl groups excluding tert-OH is 1. The normalized spacial score (nSPS) is 27.3. The summed E-state index contributed by atoms with van der Waals surface area (Å²) in [5.74, 6) is 0. The second kappa shape index (κ2) is 5.85. The summed E-state index contributed by atoms with van der Waals surface area (Å²) < 4.78 is 2.22. The van der Waals surface area contributed by atoms with Gasteiger partial charge in [-0.3, -0.25) is 0 Å². The van der Waals surface area contributed by atoms with Crippen LogP contribution in [0.25, 0.3) is 0 Å². The van der Waals surface area contributed by atoms with E-state index in [1.165, 1.54) is 19.3 Å². The maximum absolute atomic E-state index is 9.45. The van der Waals surface area contributed by atoms with Crippen molar-refractivity contribution in [3.8, 4) is 0 Å². The summed E-state index contributed by atoms with van der Waals surface area (Å²) in [6.07, 6.45) is 10.5.